The lowest BCUT2D eigenvalue weighted by Crippen LogP contribution is -2.41. The van der Waals surface area contributed by atoms with Crippen molar-refractivity contribution in [2.75, 3.05) is 13.2 Å². The number of halogens is 1. The number of amides is 1. The van der Waals surface area contributed by atoms with Gasteiger partial charge in [-0.1, -0.05) is 35.9 Å². The molecule has 0 bridgehead atoms. The Morgan fingerprint density at radius 1 is 1.22 bits per heavy atom. The third-order valence-electron chi connectivity index (χ3n) is 4.06. The molecule has 0 unspecified atom stereocenters. The highest BCUT2D eigenvalue weighted by molar-refractivity contribution is 7.13. The third-order valence-corrected chi connectivity index (χ3v) is 5.23. The number of thiazole rings is 1. The largest absolute Gasteiger partial charge is 0.486 e. The first-order chi connectivity index (χ1) is 13.2. The Hall–Kier alpha value is -2.57. The summed E-state index contributed by atoms with van der Waals surface area (Å²) in [7, 11) is 0. The Labute approximate surface area is 165 Å². The lowest BCUT2D eigenvalue weighted by atomic mass is 10.2. The van der Waals surface area contributed by atoms with Crippen molar-refractivity contribution in [3.63, 3.8) is 0 Å². The highest BCUT2D eigenvalue weighted by Crippen LogP contribution is 2.30. The molecule has 2 heterocycles. The molecule has 2 aromatic carbocycles. The molecule has 4 rings (SSSR count). The molecule has 138 valence electrons. The predicted octanol–water partition coefficient (Wildman–Crippen LogP) is 3.96. The molecule has 3 aromatic rings. The number of aromatic nitrogens is 1. The van der Waals surface area contributed by atoms with Gasteiger partial charge in [-0.3, -0.25) is 4.79 Å². The average Bonchev–Trinajstić information content (AvgIpc) is 3.15. The van der Waals surface area contributed by atoms with Gasteiger partial charge in [0.25, 0.3) is 0 Å². The van der Waals surface area contributed by atoms with Gasteiger partial charge in [0, 0.05) is 16.0 Å². The van der Waals surface area contributed by atoms with E-state index in [1.54, 1.807) is 0 Å². The van der Waals surface area contributed by atoms with Crippen LogP contribution in [0.4, 0.5) is 0 Å². The van der Waals surface area contributed by atoms with Crippen molar-refractivity contribution in [3.05, 3.63) is 64.6 Å². The van der Waals surface area contributed by atoms with E-state index in [9.17, 15) is 4.79 Å². The first kappa shape index (κ1) is 17.8. The molecule has 1 aromatic heterocycles. The second-order valence-corrected chi connectivity index (χ2v) is 7.43. The summed E-state index contributed by atoms with van der Waals surface area (Å²) in [6.45, 7) is 0.797. The average molecular weight is 401 g/mol. The number of carbonyl (C=O) groups excluding carboxylic acids is 1. The van der Waals surface area contributed by atoms with Crippen LogP contribution >= 0.6 is 22.9 Å². The van der Waals surface area contributed by atoms with E-state index in [0.29, 0.717) is 23.9 Å². The number of para-hydroxylation sites is 2. The van der Waals surface area contributed by atoms with Crippen LogP contribution in [0.15, 0.2) is 53.9 Å². The standard InChI is InChI=1S/C20H17ClN2O3S/c21-14-5-3-4-13(8-14)20-23-15(12-27-20)9-19(24)22-10-16-11-25-17-6-1-2-7-18(17)26-16/h1-8,12,16H,9-11H2,(H,22,24)/t16-/m0/s1. The fourth-order valence-electron chi connectivity index (χ4n) is 2.76. The van der Waals surface area contributed by atoms with Crippen molar-refractivity contribution in [1.82, 2.24) is 10.3 Å². The Morgan fingerprint density at radius 2 is 2.07 bits per heavy atom. The molecule has 0 saturated carbocycles. The van der Waals surface area contributed by atoms with Crippen LogP contribution in [-0.4, -0.2) is 30.1 Å². The van der Waals surface area contributed by atoms with E-state index in [-0.39, 0.29) is 18.4 Å². The smallest absolute Gasteiger partial charge is 0.226 e. The number of nitrogens with one attached hydrogen (secondary N) is 1. The van der Waals surface area contributed by atoms with Gasteiger partial charge < -0.3 is 14.8 Å². The van der Waals surface area contributed by atoms with Gasteiger partial charge in [0.1, 0.15) is 17.7 Å². The lowest BCUT2D eigenvalue weighted by Gasteiger charge is -2.26. The van der Waals surface area contributed by atoms with E-state index in [2.05, 4.69) is 10.3 Å². The van der Waals surface area contributed by atoms with Gasteiger partial charge in [0.05, 0.1) is 18.7 Å². The fourth-order valence-corrected chi connectivity index (χ4v) is 3.77. The summed E-state index contributed by atoms with van der Waals surface area (Å²) in [6, 6.07) is 15.0. The number of carbonyl (C=O) groups is 1. The number of rotatable bonds is 5. The van der Waals surface area contributed by atoms with Crippen LogP contribution in [0.25, 0.3) is 10.6 Å². The van der Waals surface area contributed by atoms with Crippen LogP contribution in [-0.2, 0) is 11.2 Å². The molecule has 7 heteroatoms. The van der Waals surface area contributed by atoms with Gasteiger partial charge in [0.15, 0.2) is 11.5 Å². The van der Waals surface area contributed by atoms with Crippen LogP contribution in [0.1, 0.15) is 5.69 Å². The molecule has 27 heavy (non-hydrogen) atoms. The maximum Gasteiger partial charge on any atom is 0.226 e. The SMILES string of the molecule is O=C(Cc1csc(-c2cccc(Cl)c2)n1)NC[C@H]1COc2ccccc2O1. The summed E-state index contributed by atoms with van der Waals surface area (Å²) in [4.78, 5) is 16.8. The van der Waals surface area contributed by atoms with Crippen molar-refractivity contribution < 1.29 is 14.3 Å². The van der Waals surface area contributed by atoms with E-state index in [1.807, 2.05) is 53.9 Å². The maximum atomic E-state index is 12.2. The highest BCUT2D eigenvalue weighted by Gasteiger charge is 2.21. The Bertz CT molecular complexity index is 960. The summed E-state index contributed by atoms with van der Waals surface area (Å²) in [5, 5.41) is 6.30. The molecule has 1 atom stereocenters. The van der Waals surface area contributed by atoms with E-state index < -0.39 is 0 Å². The number of nitrogens with zero attached hydrogens (tertiary/aromatic N) is 1. The molecular weight excluding hydrogens is 384 g/mol. The molecule has 0 radical (unpaired) electrons. The number of fused-ring (bicyclic) bond motifs is 1. The van der Waals surface area contributed by atoms with Crippen molar-refractivity contribution in [3.8, 4) is 22.1 Å². The number of ether oxygens (including phenoxy) is 2. The van der Waals surface area contributed by atoms with Gasteiger partial charge in [-0.2, -0.15) is 0 Å². The second-order valence-electron chi connectivity index (χ2n) is 6.13. The van der Waals surface area contributed by atoms with Gasteiger partial charge in [-0.25, -0.2) is 4.98 Å². The van der Waals surface area contributed by atoms with E-state index >= 15 is 0 Å². The number of hydrogen-bond donors (Lipinski definition) is 1. The van der Waals surface area contributed by atoms with E-state index in [1.165, 1.54) is 11.3 Å². The minimum absolute atomic E-state index is 0.0968. The van der Waals surface area contributed by atoms with Crippen LogP contribution < -0.4 is 14.8 Å². The highest BCUT2D eigenvalue weighted by atomic mass is 35.5. The van der Waals surface area contributed by atoms with Crippen molar-refractivity contribution >= 4 is 28.8 Å². The van der Waals surface area contributed by atoms with E-state index in [0.717, 1.165) is 22.0 Å². The zero-order chi connectivity index (χ0) is 18.6. The molecule has 1 amide bonds. The summed E-state index contributed by atoms with van der Waals surface area (Å²) in [5.41, 5.74) is 1.68. The summed E-state index contributed by atoms with van der Waals surface area (Å²) < 4.78 is 11.5. The number of benzene rings is 2. The molecule has 1 aliphatic rings. The molecule has 1 N–H and O–H groups in total. The molecular formula is C20H17ClN2O3S. The minimum atomic E-state index is -0.207. The van der Waals surface area contributed by atoms with Crippen molar-refractivity contribution in [1.29, 1.82) is 0 Å². The Kier molecular flexibility index (Phi) is 5.27. The second kappa shape index (κ2) is 7.98. The van der Waals surface area contributed by atoms with Gasteiger partial charge >= 0.3 is 0 Å². The van der Waals surface area contributed by atoms with E-state index in [4.69, 9.17) is 21.1 Å². The summed E-state index contributed by atoms with van der Waals surface area (Å²) in [6.07, 6.45) is 0.0163. The Morgan fingerprint density at radius 3 is 2.93 bits per heavy atom. The van der Waals surface area contributed by atoms with Crippen LogP contribution in [0, 0.1) is 0 Å². The maximum absolute atomic E-state index is 12.2. The van der Waals surface area contributed by atoms with Crippen molar-refractivity contribution in [2.45, 2.75) is 12.5 Å². The van der Waals surface area contributed by atoms with Gasteiger partial charge in [0.2, 0.25) is 5.91 Å². The topological polar surface area (TPSA) is 60.5 Å². The van der Waals surface area contributed by atoms with Crippen LogP contribution in [0.2, 0.25) is 5.02 Å². The molecule has 1 aliphatic heterocycles. The zero-order valence-electron chi connectivity index (χ0n) is 14.4. The molecule has 5 nitrogen and oxygen atoms in total. The van der Waals surface area contributed by atoms with Gasteiger partial charge in [-0.05, 0) is 24.3 Å². The molecule has 0 spiro atoms. The van der Waals surface area contributed by atoms with Crippen LogP contribution in [0.5, 0.6) is 11.5 Å². The summed E-state index contributed by atoms with van der Waals surface area (Å²) in [5.74, 6) is 1.34. The lowest BCUT2D eigenvalue weighted by molar-refractivity contribution is -0.121. The first-order valence-corrected chi connectivity index (χ1v) is 9.78. The van der Waals surface area contributed by atoms with Crippen molar-refractivity contribution in [2.24, 2.45) is 0 Å². The quantitative estimate of drug-likeness (QED) is 0.704. The third kappa shape index (κ3) is 4.40. The monoisotopic (exact) mass is 400 g/mol. The van der Waals surface area contributed by atoms with Gasteiger partial charge in [-0.15, -0.1) is 11.3 Å². The summed E-state index contributed by atoms with van der Waals surface area (Å²) >= 11 is 7.52. The normalized spacial score (nSPS) is 15.4. The minimum Gasteiger partial charge on any atom is -0.486 e. The fraction of sp³-hybridized carbons (Fsp3) is 0.200. The Balaban J connectivity index is 1.30. The molecule has 0 fully saturated rings. The predicted molar refractivity (Wildman–Crippen MR) is 106 cm³/mol. The first-order valence-electron chi connectivity index (χ1n) is 8.53. The van der Waals surface area contributed by atoms with Crippen LogP contribution in [0.3, 0.4) is 0 Å². The zero-order valence-corrected chi connectivity index (χ0v) is 15.9. The molecule has 0 aliphatic carbocycles. The number of hydrogen-bond acceptors (Lipinski definition) is 5. The molecule has 0 saturated heterocycles.